The molecule has 4 rings (SSSR count). The Hall–Kier alpha value is -2.27. The molecule has 0 amide bonds. The first-order valence-corrected chi connectivity index (χ1v) is 13.1. The van der Waals surface area contributed by atoms with Gasteiger partial charge in [-0.3, -0.25) is 4.72 Å². The van der Waals surface area contributed by atoms with Crippen molar-refractivity contribution in [3.05, 3.63) is 64.0 Å². The number of rotatable bonds is 6. The average Bonchev–Trinajstić information content (AvgIpc) is 3.33. The van der Waals surface area contributed by atoms with Gasteiger partial charge in [-0.2, -0.15) is 13.2 Å². The molecule has 1 fully saturated rings. The third-order valence-corrected chi connectivity index (χ3v) is 8.71. The smallest absolute Gasteiger partial charge is 0.419 e. The largest absolute Gasteiger partial charge is 0.488 e. The Morgan fingerprint density at radius 3 is 2.53 bits per heavy atom. The highest BCUT2D eigenvalue weighted by molar-refractivity contribution is 7.94. The number of likely N-dealkylation sites (tertiary alicyclic amines) is 1. The van der Waals surface area contributed by atoms with Gasteiger partial charge in [0.2, 0.25) is 0 Å². The molecule has 34 heavy (non-hydrogen) atoms. The lowest BCUT2D eigenvalue weighted by Gasteiger charge is -2.19. The summed E-state index contributed by atoms with van der Waals surface area (Å²) < 4.78 is 75.6. The van der Waals surface area contributed by atoms with Crippen molar-refractivity contribution >= 4 is 38.6 Å². The van der Waals surface area contributed by atoms with Gasteiger partial charge in [-0.15, -0.1) is 11.3 Å². The molecule has 2 aromatic carbocycles. The van der Waals surface area contributed by atoms with Gasteiger partial charge in [-0.1, -0.05) is 35.9 Å². The van der Waals surface area contributed by atoms with Crippen LogP contribution in [-0.2, 0) is 16.2 Å². The highest BCUT2D eigenvalue weighted by Gasteiger charge is 2.36. The number of ether oxygens (including phenoxy) is 1. The molecule has 0 saturated carbocycles. The zero-order valence-corrected chi connectivity index (χ0v) is 20.7. The van der Waals surface area contributed by atoms with E-state index in [2.05, 4.69) is 4.72 Å². The summed E-state index contributed by atoms with van der Waals surface area (Å²) in [5.74, 6) is -0.406. The molecule has 1 unspecified atom stereocenters. The molecule has 1 aliphatic heterocycles. The van der Waals surface area contributed by atoms with E-state index in [1.54, 1.807) is 18.2 Å². The maximum absolute atomic E-state index is 13.6. The second-order valence-electron chi connectivity index (χ2n) is 8.17. The zero-order chi connectivity index (χ0) is 24.7. The first-order valence-electron chi connectivity index (χ1n) is 10.4. The number of likely N-dealkylation sites (N-methyl/N-ethyl adjacent to an activating group) is 1. The SMILES string of the molecule is Cc1ccccc1-c1cc(Cl)sc1S(=O)(=O)Nc1ccc(C(F)(F)F)c(OC2CCN(C)C2)c1. The molecule has 182 valence electrons. The standard InChI is InChI=1S/C23H22ClF3N2O3S2/c1-14-5-3-4-6-17(14)18-12-21(24)33-22(18)34(30,31)28-15-7-8-19(23(25,26)27)20(11-15)32-16-9-10-29(2)13-16/h3-8,11-12,16,28H,9-10,13H2,1-2H3. The number of nitrogens with one attached hydrogen (secondary N) is 1. The van der Waals surface area contributed by atoms with Gasteiger partial charge >= 0.3 is 6.18 Å². The van der Waals surface area contributed by atoms with E-state index in [1.807, 2.05) is 31.0 Å². The average molecular weight is 531 g/mol. The van der Waals surface area contributed by atoms with E-state index in [0.717, 1.165) is 35.1 Å². The van der Waals surface area contributed by atoms with Crippen LogP contribution in [0.15, 0.2) is 52.7 Å². The quantitative estimate of drug-likeness (QED) is 0.407. The van der Waals surface area contributed by atoms with E-state index in [-0.39, 0.29) is 14.2 Å². The molecule has 11 heteroatoms. The molecule has 0 spiro atoms. The zero-order valence-electron chi connectivity index (χ0n) is 18.3. The summed E-state index contributed by atoms with van der Waals surface area (Å²) in [4.78, 5) is 1.96. The Morgan fingerprint density at radius 2 is 1.88 bits per heavy atom. The van der Waals surface area contributed by atoms with E-state index < -0.39 is 33.6 Å². The van der Waals surface area contributed by atoms with Gasteiger partial charge in [0.1, 0.15) is 16.1 Å². The van der Waals surface area contributed by atoms with E-state index in [1.165, 1.54) is 0 Å². The van der Waals surface area contributed by atoms with Gasteiger partial charge in [0.05, 0.1) is 15.6 Å². The third-order valence-electron chi connectivity index (χ3n) is 5.53. The normalized spacial score (nSPS) is 17.2. The molecular formula is C23H22ClF3N2O3S2. The Kier molecular flexibility index (Phi) is 6.87. The maximum atomic E-state index is 13.6. The van der Waals surface area contributed by atoms with Crippen LogP contribution in [0, 0.1) is 6.92 Å². The number of aryl methyl sites for hydroxylation is 1. The van der Waals surface area contributed by atoms with Crippen LogP contribution in [0.4, 0.5) is 18.9 Å². The minimum absolute atomic E-state index is 0.0217. The van der Waals surface area contributed by atoms with Crippen LogP contribution < -0.4 is 9.46 Å². The van der Waals surface area contributed by atoms with Crippen molar-refractivity contribution < 1.29 is 26.3 Å². The predicted octanol–water partition coefficient (Wildman–Crippen LogP) is 6.28. The van der Waals surface area contributed by atoms with Gasteiger partial charge < -0.3 is 9.64 Å². The maximum Gasteiger partial charge on any atom is 0.419 e. The summed E-state index contributed by atoms with van der Waals surface area (Å²) in [6.07, 6.45) is -4.48. The Labute approximate surface area is 205 Å². The van der Waals surface area contributed by atoms with Crippen molar-refractivity contribution in [1.82, 2.24) is 4.90 Å². The van der Waals surface area contributed by atoms with Crippen molar-refractivity contribution in [2.75, 3.05) is 24.9 Å². The number of hydrogen-bond donors (Lipinski definition) is 1. The minimum Gasteiger partial charge on any atom is -0.488 e. The van der Waals surface area contributed by atoms with Gasteiger partial charge in [-0.25, -0.2) is 8.42 Å². The highest BCUT2D eigenvalue weighted by Crippen LogP contribution is 2.41. The summed E-state index contributed by atoms with van der Waals surface area (Å²) in [5, 5.41) is 0. The molecule has 1 saturated heterocycles. The molecule has 0 bridgehead atoms. The molecule has 1 aliphatic rings. The van der Waals surface area contributed by atoms with Crippen LogP contribution in [0.2, 0.25) is 4.34 Å². The van der Waals surface area contributed by atoms with E-state index in [0.29, 0.717) is 30.6 Å². The molecule has 1 aromatic heterocycles. The topological polar surface area (TPSA) is 58.6 Å². The fraction of sp³-hybridized carbons (Fsp3) is 0.304. The highest BCUT2D eigenvalue weighted by atomic mass is 35.5. The summed E-state index contributed by atoms with van der Waals surface area (Å²) >= 11 is 7.04. The van der Waals surface area contributed by atoms with Gasteiger partial charge in [0.15, 0.2) is 0 Å². The molecule has 1 atom stereocenters. The van der Waals surface area contributed by atoms with Gasteiger partial charge in [0.25, 0.3) is 10.0 Å². The second kappa shape index (κ2) is 9.41. The van der Waals surface area contributed by atoms with Crippen molar-refractivity contribution in [1.29, 1.82) is 0 Å². The Balaban J connectivity index is 1.69. The lowest BCUT2D eigenvalue weighted by Crippen LogP contribution is -2.23. The number of hydrogen-bond acceptors (Lipinski definition) is 5. The number of alkyl halides is 3. The molecule has 5 nitrogen and oxygen atoms in total. The number of thiophene rings is 1. The molecule has 0 aliphatic carbocycles. The van der Waals surface area contributed by atoms with E-state index in [9.17, 15) is 21.6 Å². The van der Waals surface area contributed by atoms with Gasteiger partial charge in [-0.05, 0) is 49.7 Å². The summed E-state index contributed by atoms with van der Waals surface area (Å²) in [5.41, 5.74) is 1.00. The second-order valence-corrected chi connectivity index (χ2v) is 11.7. The van der Waals surface area contributed by atoms with Crippen LogP contribution in [0.3, 0.4) is 0 Å². The number of nitrogens with zero attached hydrogens (tertiary/aromatic N) is 1. The van der Waals surface area contributed by atoms with E-state index in [4.69, 9.17) is 16.3 Å². The number of anilines is 1. The number of halogens is 4. The molecule has 0 radical (unpaired) electrons. The number of benzene rings is 2. The minimum atomic E-state index is -4.64. The van der Waals surface area contributed by atoms with Crippen molar-refractivity contribution in [2.45, 2.75) is 29.8 Å². The summed E-state index contributed by atoms with van der Waals surface area (Å²) in [6, 6.07) is 11.8. The molecule has 1 N–H and O–H groups in total. The van der Waals surface area contributed by atoms with Crippen LogP contribution >= 0.6 is 22.9 Å². The molecule has 2 heterocycles. The van der Waals surface area contributed by atoms with Crippen LogP contribution in [0.1, 0.15) is 17.5 Å². The van der Waals surface area contributed by atoms with E-state index >= 15 is 0 Å². The predicted molar refractivity (Wildman–Crippen MR) is 128 cm³/mol. The van der Waals surface area contributed by atoms with Crippen molar-refractivity contribution in [2.24, 2.45) is 0 Å². The van der Waals surface area contributed by atoms with Gasteiger partial charge in [0, 0.05) is 24.7 Å². The number of sulfonamides is 1. The van der Waals surface area contributed by atoms with Crippen LogP contribution in [-0.4, -0.2) is 39.6 Å². The van der Waals surface area contributed by atoms with Crippen LogP contribution in [0.25, 0.3) is 11.1 Å². The lowest BCUT2D eigenvalue weighted by molar-refractivity contribution is -0.139. The Bertz CT molecular complexity index is 1310. The molecule has 3 aromatic rings. The monoisotopic (exact) mass is 530 g/mol. The molecular weight excluding hydrogens is 509 g/mol. The fourth-order valence-electron chi connectivity index (χ4n) is 3.90. The summed E-state index contributed by atoms with van der Waals surface area (Å²) in [6.45, 7) is 3.05. The first kappa shape index (κ1) is 24.8. The summed E-state index contributed by atoms with van der Waals surface area (Å²) in [7, 11) is -2.29. The fourth-order valence-corrected chi connectivity index (χ4v) is 6.83. The lowest BCUT2D eigenvalue weighted by atomic mass is 10.0. The first-order chi connectivity index (χ1) is 15.9. The Morgan fingerprint density at radius 1 is 1.15 bits per heavy atom. The third kappa shape index (κ3) is 5.35. The van der Waals surface area contributed by atoms with Crippen molar-refractivity contribution in [3.63, 3.8) is 0 Å². The van der Waals surface area contributed by atoms with Crippen LogP contribution in [0.5, 0.6) is 5.75 Å². The van der Waals surface area contributed by atoms with Crippen molar-refractivity contribution in [3.8, 4) is 16.9 Å².